The minimum atomic E-state index is -0.396. The van der Waals surface area contributed by atoms with Crippen molar-refractivity contribution < 1.29 is 9.66 Å². The predicted octanol–water partition coefficient (Wildman–Crippen LogP) is 3.53. The molecule has 0 heterocycles. The van der Waals surface area contributed by atoms with Gasteiger partial charge in [0.25, 0.3) is 0 Å². The van der Waals surface area contributed by atoms with Crippen LogP contribution in [0.3, 0.4) is 0 Å². The van der Waals surface area contributed by atoms with Crippen LogP contribution in [0.15, 0.2) is 42.5 Å². The molecule has 21 heavy (non-hydrogen) atoms. The topological polar surface area (TPSA) is 76.4 Å². The van der Waals surface area contributed by atoms with Gasteiger partial charge in [-0.2, -0.15) is 0 Å². The van der Waals surface area contributed by atoms with E-state index in [9.17, 15) is 10.1 Å². The Hall–Kier alpha value is -2.60. The second-order valence-corrected chi connectivity index (χ2v) is 4.47. The molecular formula is C15H17N3O3. The molecule has 0 aliphatic heterocycles. The summed E-state index contributed by atoms with van der Waals surface area (Å²) in [7, 11) is 3.28. The van der Waals surface area contributed by atoms with Gasteiger partial charge in [-0.3, -0.25) is 10.1 Å². The normalized spacial score (nSPS) is 10.2. The van der Waals surface area contributed by atoms with E-state index in [4.69, 9.17) is 4.74 Å². The molecule has 0 radical (unpaired) electrons. The number of ether oxygens (including phenoxy) is 1. The van der Waals surface area contributed by atoms with Crippen molar-refractivity contribution in [1.82, 2.24) is 0 Å². The van der Waals surface area contributed by atoms with Crippen LogP contribution in [0, 0.1) is 10.1 Å². The van der Waals surface area contributed by atoms with Crippen molar-refractivity contribution in [3.63, 3.8) is 0 Å². The van der Waals surface area contributed by atoms with Gasteiger partial charge in [0.1, 0.15) is 11.4 Å². The molecule has 2 rings (SSSR count). The molecule has 0 aliphatic rings. The molecule has 0 amide bonds. The molecule has 6 heteroatoms. The van der Waals surface area contributed by atoms with Crippen molar-refractivity contribution in [2.24, 2.45) is 0 Å². The van der Waals surface area contributed by atoms with Gasteiger partial charge in [-0.15, -0.1) is 0 Å². The molecule has 0 saturated carbocycles. The highest BCUT2D eigenvalue weighted by Crippen LogP contribution is 2.34. The van der Waals surface area contributed by atoms with Crippen LogP contribution in [-0.2, 0) is 11.3 Å². The summed E-state index contributed by atoms with van der Waals surface area (Å²) >= 11 is 0. The molecule has 0 fully saturated rings. The largest absolute Gasteiger partial charge is 0.382 e. The Kier molecular flexibility index (Phi) is 4.73. The lowest BCUT2D eigenvalue weighted by Gasteiger charge is -2.11. The van der Waals surface area contributed by atoms with E-state index in [1.165, 1.54) is 0 Å². The van der Waals surface area contributed by atoms with E-state index in [1.54, 1.807) is 32.4 Å². The number of nitro benzene ring substituents is 1. The molecule has 2 aromatic carbocycles. The molecule has 6 nitrogen and oxygen atoms in total. The fourth-order valence-electron chi connectivity index (χ4n) is 2.10. The SMILES string of the molecule is CNc1cccc(Nc2cccc(COC)c2)c1[N+](=O)[O-]. The molecule has 0 spiro atoms. The Morgan fingerprint density at radius 1 is 1.19 bits per heavy atom. The van der Waals surface area contributed by atoms with E-state index in [0.717, 1.165) is 11.3 Å². The van der Waals surface area contributed by atoms with Crippen LogP contribution in [0.5, 0.6) is 0 Å². The lowest BCUT2D eigenvalue weighted by atomic mass is 10.2. The van der Waals surface area contributed by atoms with Gasteiger partial charge in [0.05, 0.1) is 11.5 Å². The number of hydrogen-bond donors (Lipinski definition) is 2. The molecule has 2 N–H and O–H groups in total. The summed E-state index contributed by atoms with van der Waals surface area (Å²) in [6.45, 7) is 0.494. The van der Waals surface area contributed by atoms with Crippen LogP contribution in [0.1, 0.15) is 5.56 Å². The summed E-state index contributed by atoms with van der Waals surface area (Å²) < 4.78 is 5.09. The van der Waals surface area contributed by atoms with Crippen LogP contribution in [0.2, 0.25) is 0 Å². The summed E-state index contributed by atoms with van der Waals surface area (Å²) in [5, 5.41) is 17.2. The average molecular weight is 287 g/mol. The van der Waals surface area contributed by atoms with Gasteiger partial charge in [0.2, 0.25) is 0 Å². The molecule has 110 valence electrons. The fourth-order valence-corrected chi connectivity index (χ4v) is 2.10. The Morgan fingerprint density at radius 3 is 2.57 bits per heavy atom. The number of rotatable bonds is 6. The van der Waals surface area contributed by atoms with Crippen LogP contribution < -0.4 is 10.6 Å². The second-order valence-electron chi connectivity index (χ2n) is 4.47. The summed E-state index contributed by atoms with van der Waals surface area (Å²) in [5.41, 5.74) is 2.72. The highest BCUT2D eigenvalue weighted by Gasteiger charge is 2.18. The van der Waals surface area contributed by atoms with Crippen LogP contribution >= 0.6 is 0 Å². The standard InChI is InChI=1S/C15H17N3O3/c1-16-13-7-4-8-14(15(13)18(19)20)17-12-6-3-5-11(9-12)10-21-2/h3-9,16-17H,10H2,1-2H3. The molecule has 0 saturated heterocycles. The molecule has 0 unspecified atom stereocenters. The molecule has 2 aromatic rings. The summed E-state index contributed by atoms with van der Waals surface area (Å²) in [6.07, 6.45) is 0. The number of para-hydroxylation sites is 1. The molecule has 0 aliphatic carbocycles. The molecule has 0 aromatic heterocycles. The lowest BCUT2D eigenvalue weighted by Crippen LogP contribution is -2.01. The number of benzene rings is 2. The fraction of sp³-hybridized carbons (Fsp3) is 0.200. The summed E-state index contributed by atoms with van der Waals surface area (Å²) in [5.74, 6) is 0. The van der Waals surface area contributed by atoms with Gasteiger partial charge in [-0.1, -0.05) is 18.2 Å². The number of nitrogens with one attached hydrogen (secondary N) is 2. The zero-order valence-corrected chi connectivity index (χ0v) is 11.9. The van der Waals surface area contributed by atoms with Crippen LogP contribution in [0.25, 0.3) is 0 Å². The van der Waals surface area contributed by atoms with Crippen LogP contribution in [-0.4, -0.2) is 19.1 Å². The van der Waals surface area contributed by atoms with E-state index in [1.807, 2.05) is 24.3 Å². The zero-order chi connectivity index (χ0) is 15.2. The van der Waals surface area contributed by atoms with Crippen LogP contribution in [0.4, 0.5) is 22.7 Å². The Labute approximate surface area is 122 Å². The van der Waals surface area contributed by atoms with Gasteiger partial charge < -0.3 is 15.4 Å². The quantitative estimate of drug-likeness (QED) is 0.628. The summed E-state index contributed by atoms with van der Waals surface area (Å²) in [6, 6.07) is 12.7. The third-order valence-corrected chi connectivity index (χ3v) is 3.00. The van der Waals surface area contributed by atoms with E-state index in [-0.39, 0.29) is 5.69 Å². The first-order chi connectivity index (χ1) is 10.2. The maximum absolute atomic E-state index is 11.3. The number of nitrogens with zero attached hydrogens (tertiary/aromatic N) is 1. The average Bonchev–Trinajstić information content (AvgIpc) is 2.47. The van der Waals surface area contributed by atoms with Crippen molar-refractivity contribution in [1.29, 1.82) is 0 Å². The predicted molar refractivity (Wildman–Crippen MR) is 83.1 cm³/mol. The Bertz CT molecular complexity index is 644. The summed E-state index contributed by atoms with van der Waals surface area (Å²) in [4.78, 5) is 10.9. The first-order valence-electron chi connectivity index (χ1n) is 6.45. The van der Waals surface area contributed by atoms with Crippen molar-refractivity contribution in [3.05, 3.63) is 58.1 Å². The third-order valence-electron chi connectivity index (χ3n) is 3.00. The van der Waals surface area contributed by atoms with Gasteiger partial charge in [-0.05, 0) is 29.8 Å². The maximum Gasteiger partial charge on any atom is 0.315 e. The monoisotopic (exact) mass is 287 g/mol. The van der Waals surface area contributed by atoms with E-state index in [2.05, 4.69) is 10.6 Å². The van der Waals surface area contributed by atoms with E-state index >= 15 is 0 Å². The molecule has 0 atom stereocenters. The van der Waals surface area contributed by atoms with E-state index in [0.29, 0.717) is 18.0 Å². The van der Waals surface area contributed by atoms with E-state index < -0.39 is 4.92 Å². The van der Waals surface area contributed by atoms with Gasteiger partial charge in [-0.25, -0.2) is 0 Å². The first kappa shape index (κ1) is 14.8. The van der Waals surface area contributed by atoms with Crippen molar-refractivity contribution >= 4 is 22.7 Å². The van der Waals surface area contributed by atoms with Gasteiger partial charge >= 0.3 is 5.69 Å². The van der Waals surface area contributed by atoms with Gasteiger partial charge in [0, 0.05) is 19.8 Å². The minimum absolute atomic E-state index is 0.0251. The van der Waals surface area contributed by atoms with Crippen molar-refractivity contribution in [2.75, 3.05) is 24.8 Å². The maximum atomic E-state index is 11.3. The van der Waals surface area contributed by atoms with Crippen molar-refractivity contribution in [2.45, 2.75) is 6.61 Å². The number of nitro groups is 1. The third kappa shape index (κ3) is 3.49. The first-order valence-corrected chi connectivity index (χ1v) is 6.45. The highest BCUT2D eigenvalue weighted by molar-refractivity contribution is 5.79. The Morgan fingerprint density at radius 2 is 1.90 bits per heavy atom. The van der Waals surface area contributed by atoms with Crippen molar-refractivity contribution in [3.8, 4) is 0 Å². The second kappa shape index (κ2) is 6.71. The molecule has 0 bridgehead atoms. The Balaban J connectivity index is 2.35. The van der Waals surface area contributed by atoms with Gasteiger partial charge in [0.15, 0.2) is 0 Å². The number of hydrogen-bond acceptors (Lipinski definition) is 5. The lowest BCUT2D eigenvalue weighted by molar-refractivity contribution is -0.383. The smallest absolute Gasteiger partial charge is 0.315 e. The highest BCUT2D eigenvalue weighted by atomic mass is 16.6. The minimum Gasteiger partial charge on any atom is -0.382 e. The zero-order valence-electron chi connectivity index (χ0n) is 11.9. The number of anilines is 3. The molecular weight excluding hydrogens is 270 g/mol. The number of methoxy groups -OCH3 is 1.